The van der Waals surface area contributed by atoms with Crippen LogP contribution in [0.2, 0.25) is 0 Å². The lowest BCUT2D eigenvalue weighted by Gasteiger charge is -2.23. The van der Waals surface area contributed by atoms with Crippen molar-refractivity contribution in [3.05, 3.63) is 29.5 Å². The molecular formula is C13H14N2O2. The van der Waals surface area contributed by atoms with Gasteiger partial charge < -0.3 is 14.8 Å². The second-order valence-electron chi connectivity index (χ2n) is 3.75. The fourth-order valence-corrected chi connectivity index (χ4v) is 1.96. The molecule has 1 aromatic carbocycles. The van der Waals surface area contributed by atoms with E-state index in [4.69, 9.17) is 14.7 Å². The molecule has 0 saturated carbocycles. The maximum absolute atomic E-state index is 8.80. The van der Waals surface area contributed by atoms with Gasteiger partial charge in [-0.05, 0) is 35.5 Å². The van der Waals surface area contributed by atoms with E-state index in [-0.39, 0.29) is 6.04 Å². The van der Waals surface area contributed by atoms with Gasteiger partial charge in [0, 0.05) is 0 Å². The molecule has 0 spiro atoms. The number of nitrogens with zero attached hydrogens (tertiary/aromatic N) is 1. The predicted octanol–water partition coefficient (Wildman–Crippen LogP) is 2.23. The first-order chi connectivity index (χ1) is 8.30. The third kappa shape index (κ3) is 2.04. The average molecular weight is 230 g/mol. The van der Waals surface area contributed by atoms with Gasteiger partial charge in [0.25, 0.3) is 0 Å². The van der Waals surface area contributed by atoms with Crippen LogP contribution >= 0.6 is 0 Å². The van der Waals surface area contributed by atoms with E-state index >= 15 is 0 Å². The molecule has 0 aromatic heterocycles. The smallest absolute Gasteiger partial charge is 0.161 e. The fourth-order valence-electron chi connectivity index (χ4n) is 1.96. The lowest BCUT2D eigenvalue weighted by atomic mass is 9.95. The molecule has 1 unspecified atom stereocenters. The van der Waals surface area contributed by atoms with E-state index in [0.29, 0.717) is 17.9 Å². The first-order valence-corrected chi connectivity index (χ1v) is 5.35. The fraction of sp³-hybridized carbons (Fsp3) is 0.308. The second-order valence-corrected chi connectivity index (χ2v) is 3.75. The molecule has 0 amide bonds. The average Bonchev–Trinajstić information content (AvgIpc) is 2.38. The summed E-state index contributed by atoms with van der Waals surface area (Å²) in [6.07, 6.45) is 4.24. The zero-order valence-corrected chi connectivity index (χ0v) is 9.86. The van der Waals surface area contributed by atoms with E-state index in [1.807, 2.05) is 24.4 Å². The molecule has 17 heavy (non-hydrogen) atoms. The zero-order valence-electron chi connectivity index (χ0n) is 9.86. The highest BCUT2D eigenvalue weighted by Crippen LogP contribution is 2.36. The number of methoxy groups -OCH3 is 2. The third-order valence-corrected chi connectivity index (χ3v) is 2.82. The molecule has 1 atom stereocenters. The quantitative estimate of drug-likeness (QED) is 0.865. The lowest BCUT2D eigenvalue weighted by Crippen LogP contribution is -2.19. The molecule has 0 fully saturated rings. The second kappa shape index (κ2) is 4.79. The molecule has 0 radical (unpaired) electrons. The van der Waals surface area contributed by atoms with Gasteiger partial charge in [-0.1, -0.05) is 0 Å². The van der Waals surface area contributed by atoms with E-state index in [1.165, 1.54) is 0 Å². The minimum atomic E-state index is 0.0137. The van der Waals surface area contributed by atoms with Gasteiger partial charge in [0.2, 0.25) is 0 Å². The van der Waals surface area contributed by atoms with E-state index in [9.17, 15) is 0 Å². The van der Waals surface area contributed by atoms with Crippen LogP contribution in [0.1, 0.15) is 23.6 Å². The van der Waals surface area contributed by atoms with Crippen molar-refractivity contribution >= 4 is 6.08 Å². The Labute approximate surface area is 100 Å². The van der Waals surface area contributed by atoms with Gasteiger partial charge in [-0.3, -0.25) is 0 Å². The number of benzene rings is 1. The summed E-state index contributed by atoms with van der Waals surface area (Å²) in [5.41, 5.74) is 2.12. The van der Waals surface area contributed by atoms with Gasteiger partial charge >= 0.3 is 0 Å². The molecule has 1 aliphatic rings. The summed E-state index contributed by atoms with van der Waals surface area (Å²) < 4.78 is 10.5. The monoisotopic (exact) mass is 230 g/mol. The van der Waals surface area contributed by atoms with Crippen molar-refractivity contribution in [1.29, 1.82) is 5.26 Å². The van der Waals surface area contributed by atoms with Crippen LogP contribution in [-0.4, -0.2) is 14.2 Å². The summed E-state index contributed by atoms with van der Waals surface area (Å²) in [5, 5.41) is 12.0. The Hall–Kier alpha value is -2.15. The number of nitriles is 1. The highest BCUT2D eigenvalue weighted by molar-refractivity contribution is 5.63. The Bertz CT molecular complexity index is 489. The van der Waals surface area contributed by atoms with Gasteiger partial charge in [0.1, 0.15) is 0 Å². The SMILES string of the molecule is COc1cc2c(cc1OC)C(CC#N)NC=C2. The normalized spacial score (nSPS) is 16.6. The topological polar surface area (TPSA) is 54.3 Å². The van der Waals surface area contributed by atoms with Crippen molar-refractivity contribution in [2.75, 3.05) is 14.2 Å². The molecule has 0 saturated heterocycles. The summed E-state index contributed by atoms with van der Waals surface area (Å²) in [6.45, 7) is 0. The maximum atomic E-state index is 8.80. The molecule has 1 aromatic rings. The summed E-state index contributed by atoms with van der Waals surface area (Å²) in [6, 6.07) is 6.04. The van der Waals surface area contributed by atoms with Crippen molar-refractivity contribution in [3.8, 4) is 17.6 Å². The van der Waals surface area contributed by atoms with Gasteiger partial charge in [-0.2, -0.15) is 5.26 Å². The zero-order chi connectivity index (χ0) is 12.3. The van der Waals surface area contributed by atoms with Crippen molar-refractivity contribution in [3.63, 3.8) is 0 Å². The molecule has 4 heteroatoms. The lowest BCUT2D eigenvalue weighted by molar-refractivity contribution is 0.354. The Morgan fingerprint density at radius 2 is 2.00 bits per heavy atom. The van der Waals surface area contributed by atoms with Crippen LogP contribution < -0.4 is 14.8 Å². The number of hydrogen-bond acceptors (Lipinski definition) is 4. The largest absolute Gasteiger partial charge is 0.493 e. The Kier molecular flexibility index (Phi) is 3.20. The highest BCUT2D eigenvalue weighted by Gasteiger charge is 2.19. The van der Waals surface area contributed by atoms with Crippen LogP contribution in [0.3, 0.4) is 0 Å². The minimum absolute atomic E-state index is 0.0137. The molecule has 1 aliphatic heterocycles. The number of hydrogen-bond donors (Lipinski definition) is 1. The summed E-state index contributed by atoms with van der Waals surface area (Å²) in [4.78, 5) is 0. The van der Waals surface area contributed by atoms with Crippen LogP contribution in [-0.2, 0) is 0 Å². The molecular weight excluding hydrogens is 216 g/mol. The van der Waals surface area contributed by atoms with Crippen molar-refractivity contribution in [1.82, 2.24) is 5.32 Å². The predicted molar refractivity (Wildman–Crippen MR) is 64.7 cm³/mol. The first-order valence-electron chi connectivity index (χ1n) is 5.35. The number of nitrogens with one attached hydrogen (secondary N) is 1. The number of ether oxygens (including phenoxy) is 2. The number of rotatable bonds is 3. The first kappa shape index (κ1) is 11.3. The Balaban J connectivity index is 2.48. The molecule has 0 aliphatic carbocycles. The minimum Gasteiger partial charge on any atom is -0.493 e. The van der Waals surface area contributed by atoms with Gasteiger partial charge in [0.15, 0.2) is 11.5 Å². The van der Waals surface area contributed by atoms with Crippen molar-refractivity contribution in [2.24, 2.45) is 0 Å². The standard InChI is InChI=1S/C13H14N2O2/c1-16-12-7-9-4-6-15-11(3-5-14)10(9)8-13(12)17-2/h4,6-8,11,15H,3H2,1-2H3. The van der Waals surface area contributed by atoms with Gasteiger partial charge in [-0.25, -0.2) is 0 Å². The molecule has 0 bridgehead atoms. The maximum Gasteiger partial charge on any atom is 0.161 e. The van der Waals surface area contributed by atoms with E-state index in [2.05, 4.69) is 11.4 Å². The van der Waals surface area contributed by atoms with E-state index in [0.717, 1.165) is 11.1 Å². The highest BCUT2D eigenvalue weighted by atomic mass is 16.5. The Morgan fingerprint density at radius 1 is 1.29 bits per heavy atom. The van der Waals surface area contributed by atoms with E-state index in [1.54, 1.807) is 14.2 Å². The molecule has 1 heterocycles. The summed E-state index contributed by atoms with van der Waals surface area (Å²) in [5.74, 6) is 1.39. The van der Waals surface area contributed by atoms with Crippen molar-refractivity contribution < 1.29 is 9.47 Å². The van der Waals surface area contributed by atoms with Crippen LogP contribution in [0.5, 0.6) is 11.5 Å². The molecule has 88 valence electrons. The summed E-state index contributed by atoms with van der Waals surface area (Å²) in [7, 11) is 3.22. The van der Waals surface area contributed by atoms with Gasteiger partial charge in [-0.15, -0.1) is 0 Å². The summed E-state index contributed by atoms with van der Waals surface area (Å²) >= 11 is 0. The molecule has 4 nitrogen and oxygen atoms in total. The molecule has 1 N–H and O–H groups in total. The van der Waals surface area contributed by atoms with Crippen LogP contribution in [0.4, 0.5) is 0 Å². The van der Waals surface area contributed by atoms with Gasteiger partial charge in [0.05, 0.1) is 32.8 Å². The van der Waals surface area contributed by atoms with Crippen LogP contribution in [0.25, 0.3) is 6.08 Å². The Morgan fingerprint density at radius 3 is 2.65 bits per heavy atom. The van der Waals surface area contributed by atoms with E-state index < -0.39 is 0 Å². The molecule has 2 rings (SSSR count). The van der Waals surface area contributed by atoms with Crippen molar-refractivity contribution in [2.45, 2.75) is 12.5 Å². The van der Waals surface area contributed by atoms with Crippen LogP contribution in [0.15, 0.2) is 18.3 Å². The van der Waals surface area contributed by atoms with Crippen LogP contribution in [0, 0.1) is 11.3 Å². The number of fused-ring (bicyclic) bond motifs is 1. The third-order valence-electron chi connectivity index (χ3n) is 2.82.